The van der Waals surface area contributed by atoms with Gasteiger partial charge in [-0.1, -0.05) is 48.0 Å². The van der Waals surface area contributed by atoms with Crippen LogP contribution in [0, 0.1) is 6.92 Å². The van der Waals surface area contributed by atoms with Crippen molar-refractivity contribution in [2.45, 2.75) is 6.92 Å². The van der Waals surface area contributed by atoms with E-state index >= 15 is 0 Å². The molecular formula is C19H18ClN5O. The number of rotatable bonds is 6. The fourth-order valence-corrected chi connectivity index (χ4v) is 2.67. The first-order valence-electron chi connectivity index (χ1n) is 8.06. The Balaban J connectivity index is 1.62. The molecule has 6 nitrogen and oxygen atoms in total. The van der Waals surface area contributed by atoms with Gasteiger partial charge in [0, 0.05) is 5.69 Å². The van der Waals surface area contributed by atoms with Crippen molar-refractivity contribution in [3.05, 3.63) is 77.1 Å². The topological polar surface area (TPSA) is 71.3 Å². The largest absolute Gasteiger partial charge is 0.376 e. The first-order chi connectivity index (χ1) is 12.6. The highest BCUT2D eigenvalue weighted by molar-refractivity contribution is 6.32. The minimum absolute atomic E-state index is 0.122. The van der Waals surface area contributed by atoms with Crippen molar-refractivity contribution in [2.75, 3.05) is 11.9 Å². The molecule has 0 aliphatic rings. The van der Waals surface area contributed by atoms with E-state index in [4.69, 9.17) is 11.6 Å². The van der Waals surface area contributed by atoms with Crippen LogP contribution in [0.5, 0.6) is 0 Å². The van der Waals surface area contributed by atoms with E-state index < -0.39 is 0 Å². The van der Waals surface area contributed by atoms with Gasteiger partial charge >= 0.3 is 0 Å². The van der Waals surface area contributed by atoms with Crippen LogP contribution < -0.4 is 10.7 Å². The molecule has 132 valence electrons. The molecule has 7 heteroatoms. The number of hydrogen-bond acceptors (Lipinski definition) is 4. The third-order valence-electron chi connectivity index (χ3n) is 3.66. The summed E-state index contributed by atoms with van der Waals surface area (Å²) in [6.45, 7) is 1.96. The smallest absolute Gasteiger partial charge is 0.259 e. The molecule has 1 aromatic heterocycles. The molecule has 0 bridgehead atoms. The molecule has 2 aromatic carbocycles. The van der Waals surface area contributed by atoms with Crippen molar-refractivity contribution in [2.24, 2.45) is 5.10 Å². The number of amides is 1. The van der Waals surface area contributed by atoms with Crippen LogP contribution in [0.4, 0.5) is 5.69 Å². The van der Waals surface area contributed by atoms with Crippen molar-refractivity contribution in [1.29, 1.82) is 0 Å². The van der Waals surface area contributed by atoms with E-state index in [1.807, 2.05) is 67.6 Å². The Morgan fingerprint density at radius 3 is 2.50 bits per heavy atom. The molecule has 1 amide bonds. The zero-order chi connectivity index (χ0) is 18.4. The fraction of sp³-hybridized carbons (Fsp3) is 0.105. The number of aryl methyl sites for hydroxylation is 1. The van der Waals surface area contributed by atoms with Gasteiger partial charge in [-0.05, 0) is 31.2 Å². The van der Waals surface area contributed by atoms with Gasteiger partial charge in [0.2, 0.25) is 0 Å². The molecule has 3 rings (SSSR count). The van der Waals surface area contributed by atoms with Gasteiger partial charge in [-0.15, -0.1) is 0 Å². The molecule has 2 N–H and O–H groups in total. The van der Waals surface area contributed by atoms with Crippen molar-refractivity contribution in [3.8, 4) is 5.69 Å². The second kappa shape index (κ2) is 8.31. The first-order valence-corrected chi connectivity index (χ1v) is 8.44. The lowest BCUT2D eigenvalue weighted by Crippen LogP contribution is -2.25. The SMILES string of the molecule is Cc1nn(-c2ccccc2)c(Cl)c1/C=N/NC(=O)CNc1ccccc1. The lowest BCUT2D eigenvalue weighted by atomic mass is 10.3. The fourth-order valence-electron chi connectivity index (χ4n) is 2.34. The number of anilines is 1. The summed E-state index contributed by atoms with van der Waals surface area (Å²) in [5.74, 6) is -0.255. The molecular weight excluding hydrogens is 350 g/mol. The number of carbonyl (C=O) groups excluding carboxylic acids is 1. The van der Waals surface area contributed by atoms with E-state index in [1.165, 1.54) is 6.21 Å². The van der Waals surface area contributed by atoms with Crippen molar-refractivity contribution >= 4 is 29.4 Å². The molecule has 0 atom stereocenters. The molecule has 0 aliphatic carbocycles. The maximum atomic E-state index is 11.9. The Bertz CT molecular complexity index is 906. The highest BCUT2D eigenvalue weighted by atomic mass is 35.5. The highest BCUT2D eigenvalue weighted by Gasteiger charge is 2.13. The van der Waals surface area contributed by atoms with Gasteiger partial charge in [0.15, 0.2) is 0 Å². The van der Waals surface area contributed by atoms with Gasteiger partial charge in [-0.2, -0.15) is 10.2 Å². The minimum Gasteiger partial charge on any atom is -0.376 e. The van der Waals surface area contributed by atoms with Crippen molar-refractivity contribution in [1.82, 2.24) is 15.2 Å². The Labute approximate surface area is 156 Å². The summed E-state index contributed by atoms with van der Waals surface area (Å²) in [4.78, 5) is 11.9. The average molecular weight is 368 g/mol. The number of hydrogen-bond donors (Lipinski definition) is 2. The number of nitrogens with zero attached hydrogens (tertiary/aromatic N) is 3. The van der Waals surface area contributed by atoms with Gasteiger partial charge in [0.25, 0.3) is 5.91 Å². The molecule has 0 saturated carbocycles. The summed E-state index contributed by atoms with van der Waals surface area (Å²) < 4.78 is 1.64. The van der Waals surface area contributed by atoms with Gasteiger partial charge in [-0.25, -0.2) is 10.1 Å². The molecule has 0 unspecified atom stereocenters. The van der Waals surface area contributed by atoms with E-state index in [0.717, 1.165) is 17.1 Å². The number of para-hydroxylation sites is 2. The van der Waals surface area contributed by atoms with Gasteiger partial charge in [0.1, 0.15) is 5.15 Å². The first kappa shape index (κ1) is 17.7. The van der Waals surface area contributed by atoms with Crippen LogP contribution in [0.3, 0.4) is 0 Å². The zero-order valence-corrected chi connectivity index (χ0v) is 14.9. The Hall–Kier alpha value is -3.12. The molecule has 0 saturated heterocycles. The van der Waals surface area contributed by atoms with Gasteiger partial charge < -0.3 is 5.32 Å². The van der Waals surface area contributed by atoms with Crippen LogP contribution in [0.2, 0.25) is 5.15 Å². The van der Waals surface area contributed by atoms with E-state index in [-0.39, 0.29) is 12.5 Å². The van der Waals surface area contributed by atoms with E-state index in [1.54, 1.807) is 4.68 Å². The van der Waals surface area contributed by atoms with E-state index in [9.17, 15) is 4.79 Å². The summed E-state index contributed by atoms with van der Waals surface area (Å²) in [5, 5.41) is 11.9. The average Bonchev–Trinajstić information content (AvgIpc) is 2.96. The molecule has 0 radical (unpaired) electrons. The summed E-state index contributed by atoms with van der Waals surface area (Å²) in [7, 11) is 0. The van der Waals surface area contributed by atoms with Crippen LogP contribution >= 0.6 is 11.6 Å². The van der Waals surface area contributed by atoms with Crippen LogP contribution in [0.1, 0.15) is 11.3 Å². The van der Waals surface area contributed by atoms with Gasteiger partial charge in [0.05, 0.1) is 29.7 Å². The predicted molar refractivity (Wildman–Crippen MR) is 104 cm³/mol. The summed E-state index contributed by atoms with van der Waals surface area (Å²) in [6.07, 6.45) is 1.50. The van der Waals surface area contributed by atoms with E-state index in [0.29, 0.717) is 10.7 Å². The molecule has 0 spiro atoms. The quantitative estimate of drug-likeness (QED) is 0.518. The minimum atomic E-state index is -0.255. The van der Waals surface area contributed by atoms with Crippen LogP contribution in [-0.2, 0) is 4.79 Å². The Kier molecular flexibility index (Phi) is 5.66. The van der Waals surface area contributed by atoms with E-state index in [2.05, 4.69) is 20.9 Å². The predicted octanol–water partition coefficient (Wildman–Crippen LogP) is 3.40. The number of halogens is 1. The molecule has 0 fully saturated rings. The van der Waals surface area contributed by atoms with Gasteiger partial charge in [-0.3, -0.25) is 4.79 Å². The van der Waals surface area contributed by atoms with Crippen LogP contribution in [-0.4, -0.2) is 28.4 Å². The lowest BCUT2D eigenvalue weighted by Gasteiger charge is -2.04. The number of aromatic nitrogens is 2. The third kappa shape index (κ3) is 4.29. The number of hydrazone groups is 1. The zero-order valence-electron chi connectivity index (χ0n) is 14.2. The maximum absolute atomic E-state index is 11.9. The molecule has 3 aromatic rings. The van der Waals surface area contributed by atoms with Crippen molar-refractivity contribution < 1.29 is 4.79 Å². The molecule has 0 aliphatic heterocycles. The summed E-state index contributed by atoms with van der Waals surface area (Å²) >= 11 is 6.40. The van der Waals surface area contributed by atoms with Crippen LogP contribution in [0.25, 0.3) is 5.69 Å². The monoisotopic (exact) mass is 367 g/mol. The highest BCUT2D eigenvalue weighted by Crippen LogP contribution is 2.21. The second-order valence-electron chi connectivity index (χ2n) is 5.55. The molecule has 1 heterocycles. The normalized spacial score (nSPS) is 10.8. The lowest BCUT2D eigenvalue weighted by molar-refractivity contribution is -0.119. The number of benzene rings is 2. The second-order valence-corrected chi connectivity index (χ2v) is 5.91. The summed E-state index contributed by atoms with van der Waals surface area (Å²) in [5.41, 5.74) is 5.59. The third-order valence-corrected chi connectivity index (χ3v) is 4.02. The Morgan fingerprint density at radius 2 is 1.81 bits per heavy atom. The molecule has 26 heavy (non-hydrogen) atoms. The standard InChI is InChI=1S/C19H18ClN5O/c1-14-17(19(20)25(24-14)16-10-6-3-7-11-16)12-22-23-18(26)13-21-15-8-4-2-5-9-15/h2-12,21H,13H2,1H3,(H,23,26)/b22-12+. The Morgan fingerprint density at radius 1 is 1.15 bits per heavy atom. The van der Waals surface area contributed by atoms with Crippen LogP contribution in [0.15, 0.2) is 65.8 Å². The van der Waals surface area contributed by atoms with Crippen molar-refractivity contribution in [3.63, 3.8) is 0 Å². The summed E-state index contributed by atoms with van der Waals surface area (Å²) in [6, 6.07) is 19.1. The number of carbonyl (C=O) groups is 1. The maximum Gasteiger partial charge on any atom is 0.259 e. The number of nitrogens with one attached hydrogen (secondary N) is 2.